The minimum Gasteiger partial charge on any atom is -0.457 e. The van der Waals surface area contributed by atoms with Crippen LogP contribution < -0.4 is 0 Å². The minimum atomic E-state index is -0.0759. The van der Waals surface area contributed by atoms with E-state index in [0.29, 0.717) is 0 Å². The molecular formula is C28H38O2. The molecule has 0 radical (unpaired) electrons. The molecule has 1 fully saturated rings. The fourth-order valence-electron chi connectivity index (χ4n) is 4.39. The van der Waals surface area contributed by atoms with Gasteiger partial charge in [0.25, 0.3) is 0 Å². The predicted molar refractivity (Wildman–Crippen MR) is 125 cm³/mol. The number of rotatable bonds is 12. The lowest BCUT2D eigenvalue weighted by atomic mass is 9.94. The molecule has 2 aromatic carbocycles. The maximum absolute atomic E-state index is 12.3. The van der Waals surface area contributed by atoms with Crippen molar-refractivity contribution in [2.24, 2.45) is 5.92 Å². The molecule has 0 aliphatic carbocycles. The first kappa shape index (κ1) is 22.6. The minimum absolute atomic E-state index is 0.000280. The molecule has 0 spiro atoms. The van der Waals surface area contributed by atoms with Gasteiger partial charge < -0.3 is 4.74 Å². The molecular weight excluding hydrogens is 368 g/mol. The van der Waals surface area contributed by atoms with Crippen LogP contribution in [0.15, 0.2) is 48.5 Å². The highest BCUT2D eigenvalue weighted by molar-refractivity contribution is 5.75. The van der Waals surface area contributed by atoms with E-state index in [1.54, 1.807) is 0 Å². The number of hydrogen-bond acceptors (Lipinski definition) is 2. The number of ether oxygens (including phenoxy) is 1. The van der Waals surface area contributed by atoms with Gasteiger partial charge >= 0.3 is 5.97 Å². The van der Waals surface area contributed by atoms with E-state index in [9.17, 15) is 4.79 Å². The average molecular weight is 407 g/mol. The summed E-state index contributed by atoms with van der Waals surface area (Å²) >= 11 is 0. The Bertz CT molecular complexity index is 760. The number of cyclic esters (lactones) is 1. The molecule has 1 aliphatic heterocycles. The second-order valence-electron chi connectivity index (χ2n) is 8.84. The van der Waals surface area contributed by atoms with Crippen LogP contribution in [0, 0.1) is 5.92 Å². The molecule has 1 saturated heterocycles. The van der Waals surface area contributed by atoms with Crippen LogP contribution in [-0.2, 0) is 16.0 Å². The zero-order valence-corrected chi connectivity index (χ0v) is 18.9. The van der Waals surface area contributed by atoms with Crippen molar-refractivity contribution in [1.29, 1.82) is 0 Å². The number of carbonyl (C=O) groups excluding carboxylic acids is 1. The summed E-state index contributed by atoms with van der Waals surface area (Å²) in [6, 6.07) is 17.5. The summed E-state index contributed by atoms with van der Waals surface area (Å²) in [5.41, 5.74) is 4.99. The molecule has 0 aromatic heterocycles. The zero-order chi connectivity index (χ0) is 21.2. The van der Waals surface area contributed by atoms with Gasteiger partial charge in [-0.2, -0.15) is 0 Å². The number of unbranched alkanes of at least 4 members (excludes halogenated alkanes) is 6. The predicted octanol–water partition coefficient (Wildman–Crippen LogP) is 8.05. The molecule has 2 unspecified atom stereocenters. The van der Waals surface area contributed by atoms with E-state index < -0.39 is 0 Å². The Kier molecular flexibility index (Phi) is 8.99. The normalized spacial score (nSPS) is 18.5. The van der Waals surface area contributed by atoms with Crippen molar-refractivity contribution in [2.45, 2.75) is 90.6 Å². The molecule has 0 amide bonds. The third kappa shape index (κ3) is 6.45. The zero-order valence-electron chi connectivity index (χ0n) is 18.9. The number of esters is 1. The van der Waals surface area contributed by atoms with Crippen molar-refractivity contribution in [3.63, 3.8) is 0 Å². The third-order valence-corrected chi connectivity index (χ3v) is 6.39. The van der Waals surface area contributed by atoms with Crippen LogP contribution in [0.5, 0.6) is 0 Å². The van der Waals surface area contributed by atoms with Crippen molar-refractivity contribution in [2.75, 3.05) is 0 Å². The first-order valence-electron chi connectivity index (χ1n) is 12.1. The summed E-state index contributed by atoms with van der Waals surface area (Å²) in [4.78, 5) is 12.3. The molecule has 2 atom stereocenters. The van der Waals surface area contributed by atoms with Crippen LogP contribution in [0.25, 0.3) is 11.1 Å². The van der Waals surface area contributed by atoms with Gasteiger partial charge in [0.15, 0.2) is 0 Å². The number of hydrogen-bond donors (Lipinski definition) is 0. The van der Waals surface area contributed by atoms with Crippen molar-refractivity contribution in [3.05, 3.63) is 59.7 Å². The summed E-state index contributed by atoms with van der Waals surface area (Å²) in [6.07, 6.45) is 13.0. The molecule has 1 heterocycles. The Hall–Kier alpha value is -2.09. The fourth-order valence-corrected chi connectivity index (χ4v) is 4.39. The number of benzene rings is 2. The summed E-state index contributed by atoms with van der Waals surface area (Å²) in [7, 11) is 0. The fraction of sp³-hybridized carbons (Fsp3) is 0.536. The van der Waals surface area contributed by atoms with Crippen LogP contribution in [0.4, 0.5) is 0 Å². The van der Waals surface area contributed by atoms with Gasteiger partial charge in [-0.05, 0) is 41.5 Å². The van der Waals surface area contributed by atoms with E-state index in [1.807, 2.05) is 0 Å². The first-order valence-corrected chi connectivity index (χ1v) is 12.1. The van der Waals surface area contributed by atoms with Gasteiger partial charge in [-0.25, -0.2) is 0 Å². The number of aryl methyl sites for hydroxylation is 1. The van der Waals surface area contributed by atoms with E-state index >= 15 is 0 Å². The average Bonchev–Trinajstić information content (AvgIpc) is 3.15. The maximum Gasteiger partial charge on any atom is 0.309 e. The maximum atomic E-state index is 12.3. The summed E-state index contributed by atoms with van der Waals surface area (Å²) < 4.78 is 5.72. The first-order chi connectivity index (χ1) is 14.7. The number of carbonyl (C=O) groups is 1. The molecule has 0 bridgehead atoms. The van der Waals surface area contributed by atoms with E-state index in [4.69, 9.17) is 4.74 Å². The largest absolute Gasteiger partial charge is 0.457 e. The van der Waals surface area contributed by atoms with Gasteiger partial charge in [0.1, 0.15) is 6.10 Å². The van der Waals surface area contributed by atoms with Crippen LogP contribution in [-0.4, -0.2) is 5.97 Å². The summed E-state index contributed by atoms with van der Waals surface area (Å²) in [5, 5.41) is 0. The van der Waals surface area contributed by atoms with Gasteiger partial charge in [0.2, 0.25) is 0 Å². The van der Waals surface area contributed by atoms with Gasteiger partial charge in [-0.15, -0.1) is 0 Å². The highest BCUT2D eigenvalue weighted by Crippen LogP contribution is 2.36. The Morgan fingerprint density at radius 2 is 1.37 bits per heavy atom. The molecule has 2 heteroatoms. The van der Waals surface area contributed by atoms with E-state index in [0.717, 1.165) is 31.2 Å². The van der Waals surface area contributed by atoms with Crippen LogP contribution in [0.2, 0.25) is 0 Å². The van der Waals surface area contributed by atoms with Crippen molar-refractivity contribution >= 4 is 5.97 Å². The van der Waals surface area contributed by atoms with Crippen molar-refractivity contribution in [1.82, 2.24) is 0 Å². The molecule has 3 rings (SSSR count). The van der Waals surface area contributed by atoms with E-state index in [1.165, 1.54) is 61.6 Å². The second-order valence-corrected chi connectivity index (χ2v) is 8.84. The Morgan fingerprint density at radius 3 is 2.03 bits per heavy atom. The van der Waals surface area contributed by atoms with Gasteiger partial charge in [0, 0.05) is 6.42 Å². The second kappa shape index (κ2) is 11.9. The molecule has 1 aliphatic rings. The molecule has 0 saturated carbocycles. The van der Waals surface area contributed by atoms with Crippen LogP contribution in [0.1, 0.15) is 95.3 Å². The van der Waals surface area contributed by atoms with Gasteiger partial charge in [-0.3, -0.25) is 4.79 Å². The van der Waals surface area contributed by atoms with Gasteiger partial charge in [0.05, 0.1) is 5.92 Å². The highest BCUT2D eigenvalue weighted by Gasteiger charge is 2.34. The van der Waals surface area contributed by atoms with Crippen LogP contribution >= 0.6 is 0 Å². The Morgan fingerprint density at radius 1 is 0.767 bits per heavy atom. The lowest BCUT2D eigenvalue weighted by molar-refractivity contribution is -0.144. The smallest absolute Gasteiger partial charge is 0.309 e. The third-order valence-electron chi connectivity index (χ3n) is 6.39. The lowest BCUT2D eigenvalue weighted by Gasteiger charge is -2.11. The monoisotopic (exact) mass is 406 g/mol. The topological polar surface area (TPSA) is 26.3 Å². The molecule has 2 nitrogen and oxygen atoms in total. The van der Waals surface area contributed by atoms with E-state index in [-0.39, 0.29) is 18.0 Å². The highest BCUT2D eigenvalue weighted by atomic mass is 16.5. The summed E-state index contributed by atoms with van der Waals surface area (Å²) in [5.74, 6) is 0.0804. The molecule has 2 aromatic rings. The van der Waals surface area contributed by atoms with Crippen molar-refractivity contribution in [3.8, 4) is 11.1 Å². The lowest BCUT2D eigenvalue weighted by Crippen LogP contribution is -2.06. The standard InChI is InChI=1S/C28H38O2/c1-3-5-7-8-9-10-12-26-21-27(30-28(26)29)25-19-17-24(18-20-25)23-15-13-22(14-16-23)11-6-4-2/h13-20,26-27H,3-12,21H2,1-2H3. The SMILES string of the molecule is CCCCCCCCC1CC(c2ccc(-c3ccc(CCCC)cc3)cc2)OC1=O. The molecule has 30 heavy (non-hydrogen) atoms. The molecule has 162 valence electrons. The van der Waals surface area contributed by atoms with E-state index in [2.05, 4.69) is 62.4 Å². The Balaban J connectivity index is 1.50. The van der Waals surface area contributed by atoms with Crippen LogP contribution in [0.3, 0.4) is 0 Å². The van der Waals surface area contributed by atoms with Crippen molar-refractivity contribution < 1.29 is 9.53 Å². The quantitative estimate of drug-likeness (QED) is 0.263. The van der Waals surface area contributed by atoms with Gasteiger partial charge in [-0.1, -0.05) is 107 Å². The molecule has 0 N–H and O–H groups in total. The Labute approximate surface area is 183 Å². The summed E-state index contributed by atoms with van der Waals surface area (Å²) in [6.45, 7) is 4.47.